The number of aromatic nitrogens is 1. The van der Waals surface area contributed by atoms with Crippen molar-refractivity contribution in [2.75, 3.05) is 26.2 Å². The molecule has 0 aliphatic carbocycles. The van der Waals surface area contributed by atoms with Gasteiger partial charge in [-0.05, 0) is 54.3 Å². The standard InChI is InChI=1S/C23H29ClN4O2/c1-17(2)15-21(26-22(29)19-3-5-20(24)6-4-19)23(30)28-13-11-27(12-14-28)16-18-7-9-25-10-8-18/h3-10,17,21H,11-16H2,1-2H3,(H,26,29)/t21-/m1/s1. The van der Waals surface area contributed by atoms with E-state index in [-0.39, 0.29) is 17.7 Å². The highest BCUT2D eigenvalue weighted by molar-refractivity contribution is 6.30. The van der Waals surface area contributed by atoms with Crippen molar-refractivity contribution in [2.45, 2.75) is 32.9 Å². The van der Waals surface area contributed by atoms with Gasteiger partial charge in [0, 0.05) is 55.7 Å². The fraction of sp³-hybridized carbons (Fsp3) is 0.435. The third-order valence-electron chi connectivity index (χ3n) is 5.26. The maximum atomic E-state index is 13.2. The zero-order valence-electron chi connectivity index (χ0n) is 17.6. The molecule has 6 nitrogen and oxygen atoms in total. The average Bonchev–Trinajstić information content (AvgIpc) is 2.74. The fourth-order valence-electron chi connectivity index (χ4n) is 3.63. The number of carbonyl (C=O) groups excluding carboxylic acids is 2. The van der Waals surface area contributed by atoms with Crippen LogP contribution < -0.4 is 5.32 Å². The lowest BCUT2D eigenvalue weighted by molar-refractivity contribution is -0.135. The minimum Gasteiger partial charge on any atom is -0.340 e. The van der Waals surface area contributed by atoms with Gasteiger partial charge in [0.2, 0.25) is 5.91 Å². The van der Waals surface area contributed by atoms with Gasteiger partial charge in [0.15, 0.2) is 0 Å². The predicted octanol–water partition coefficient (Wildman–Crippen LogP) is 3.22. The van der Waals surface area contributed by atoms with Crippen molar-refractivity contribution in [1.82, 2.24) is 20.1 Å². The van der Waals surface area contributed by atoms with Crippen molar-refractivity contribution >= 4 is 23.4 Å². The van der Waals surface area contributed by atoms with Crippen LogP contribution in [0.4, 0.5) is 0 Å². The van der Waals surface area contributed by atoms with E-state index in [4.69, 9.17) is 11.6 Å². The van der Waals surface area contributed by atoms with Crippen LogP contribution in [0.5, 0.6) is 0 Å². The van der Waals surface area contributed by atoms with Crippen molar-refractivity contribution in [3.63, 3.8) is 0 Å². The number of amides is 2. The Morgan fingerprint density at radius 1 is 1.03 bits per heavy atom. The van der Waals surface area contributed by atoms with Crippen molar-refractivity contribution in [3.05, 3.63) is 64.9 Å². The van der Waals surface area contributed by atoms with E-state index in [1.54, 1.807) is 36.7 Å². The number of hydrogen-bond acceptors (Lipinski definition) is 4. The number of rotatable bonds is 7. The Labute approximate surface area is 183 Å². The number of benzene rings is 1. The molecule has 1 fully saturated rings. The van der Waals surface area contributed by atoms with Crippen LogP contribution in [-0.2, 0) is 11.3 Å². The van der Waals surface area contributed by atoms with Gasteiger partial charge in [-0.15, -0.1) is 0 Å². The second-order valence-electron chi connectivity index (χ2n) is 8.12. The molecule has 1 N–H and O–H groups in total. The summed E-state index contributed by atoms with van der Waals surface area (Å²) in [5.74, 6) is 0.0361. The van der Waals surface area contributed by atoms with Crippen LogP contribution in [0, 0.1) is 5.92 Å². The molecule has 2 amide bonds. The molecule has 0 bridgehead atoms. The first-order valence-corrected chi connectivity index (χ1v) is 10.8. The Morgan fingerprint density at radius 3 is 2.27 bits per heavy atom. The first kappa shape index (κ1) is 22.2. The molecular formula is C23H29ClN4O2. The number of piperazine rings is 1. The largest absolute Gasteiger partial charge is 0.340 e. The van der Waals surface area contributed by atoms with Crippen molar-refractivity contribution < 1.29 is 9.59 Å². The molecule has 1 aromatic carbocycles. The number of nitrogens with one attached hydrogen (secondary N) is 1. The van der Waals surface area contributed by atoms with Gasteiger partial charge in [-0.3, -0.25) is 19.5 Å². The maximum Gasteiger partial charge on any atom is 0.251 e. The Kier molecular flexibility index (Phi) is 7.82. The van der Waals surface area contributed by atoms with Crippen molar-refractivity contribution in [1.29, 1.82) is 0 Å². The zero-order valence-corrected chi connectivity index (χ0v) is 18.3. The summed E-state index contributed by atoms with van der Waals surface area (Å²) in [4.78, 5) is 34.1. The molecule has 2 aromatic rings. The highest BCUT2D eigenvalue weighted by Crippen LogP contribution is 2.14. The van der Waals surface area contributed by atoms with E-state index in [1.807, 2.05) is 17.0 Å². The maximum absolute atomic E-state index is 13.2. The normalized spacial score (nSPS) is 15.8. The lowest BCUT2D eigenvalue weighted by Gasteiger charge is -2.36. The smallest absolute Gasteiger partial charge is 0.251 e. The predicted molar refractivity (Wildman–Crippen MR) is 118 cm³/mol. The summed E-state index contributed by atoms with van der Waals surface area (Å²) in [6, 6.07) is 10.2. The minimum atomic E-state index is -0.528. The summed E-state index contributed by atoms with van der Waals surface area (Å²) < 4.78 is 0. The summed E-state index contributed by atoms with van der Waals surface area (Å²) in [5, 5.41) is 3.51. The van der Waals surface area contributed by atoms with Crippen molar-refractivity contribution in [2.24, 2.45) is 5.92 Å². The van der Waals surface area contributed by atoms with Gasteiger partial charge in [-0.1, -0.05) is 25.4 Å². The topological polar surface area (TPSA) is 65.5 Å². The van der Waals surface area contributed by atoms with Crippen LogP contribution in [0.2, 0.25) is 5.02 Å². The summed E-state index contributed by atoms with van der Waals surface area (Å²) in [6.45, 7) is 7.92. The van der Waals surface area contributed by atoms with E-state index >= 15 is 0 Å². The van der Waals surface area contributed by atoms with Gasteiger partial charge in [0.05, 0.1) is 0 Å². The molecule has 1 aliphatic rings. The van der Waals surface area contributed by atoms with Gasteiger partial charge in [0.25, 0.3) is 5.91 Å². The molecule has 30 heavy (non-hydrogen) atoms. The van der Waals surface area contributed by atoms with Crippen LogP contribution in [0.1, 0.15) is 36.2 Å². The SMILES string of the molecule is CC(C)C[C@@H](NC(=O)c1ccc(Cl)cc1)C(=O)N1CCN(Cc2ccncc2)CC1. The lowest BCUT2D eigenvalue weighted by atomic mass is 10.0. The van der Waals surface area contributed by atoms with Gasteiger partial charge >= 0.3 is 0 Å². The zero-order chi connectivity index (χ0) is 21.5. The Balaban J connectivity index is 1.58. The summed E-state index contributed by atoms with van der Waals surface area (Å²) >= 11 is 5.91. The van der Waals surface area contributed by atoms with Crippen LogP contribution in [0.25, 0.3) is 0 Å². The summed E-state index contributed by atoms with van der Waals surface area (Å²) in [7, 11) is 0. The number of halogens is 1. The third-order valence-corrected chi connectivity index (χ3v) is 5.51. The minimum absolute atomic E-state index is 0.00502. The highest BCUT2D eigenvalue weighted by atomic mass is 35.5. The molecule has 1 aliphatic heterocycles. The second-order valence-corrected chi connectivity index (χ2v) is 8.56. The molecule has 1 aromatic heterocycles. The van der Waals surface area contributed by atoms with E-state index in [1.165, 1.54) is 5.56 Å². The molecule has 0 spiro atoms. The molecule has 0 radical (unpaired) electrons. The molecule has 1 saturated heterocycles. The van der Waals surface area contributed by atoms with E-state index < -0.39 is 6.04 Å². The molecule has 7 heteroatoms. The van der Waals surface area contributed by atoms with Gasteiger partial charge in [-0.25, -0.2) is 0 Å². The third kappa shape index (κ3) is 6.28. The molecule has 0 unspecified atom stereocenters. The Hall–Kier alpha value is -2.44. The number of hydrogen-bond donors (Lipinski definition) is 1. The van der Waals surface area contributed by atoms with Crippen molar-refractivity contribution in [3.8, 4) is 0 Å². The van der Waals surface area contributed by atoms with Crippen LogP contribution >= 0.6 is 11.6 Å². The van der Waals surface area contributed by atoms with E-state index in [0.717, 1.165) is 19.6 Å². The first-order chi connectivity index (χ1) is 14.4. The Bertz CT molecular complexity index is 834. The van der Waals surface area contributed by atoms with Crippen LogP contribution in [0.15, 0.2) is 48.8 Å². The molecule has 0 saturated carbocycles. The summed E-state index contributed by atoms with van der Waals surface area (Å²) in [5.41, 5.74) is 1.72. The van der Waals surface area contributed by atoms with Gasteiger partial charge in [0.1, 0.15) is 6.04 Å². The van der Waals surface area contributed by atoms with Gasteiger partial charge in [-0.2, -0.15) is 0 Å². The lowest BCUT2D eigenvalue weighted by Crippen LogP contribution is -2.55. The fourth-order valence-corrected chi connectivity index (χ4v) is 3.75. The number of carbonyl (C=O) groups is 2. The molecular weight excluding hydrogens is 400 g/mol. The first-order valence-electron chi connectivity index (χ1n) is 10.4. The van der Waals surface area contributed by atoms with Crippen LogP contribution in [0.3, 0.4) is 0 Å². The molecule has 2 heterocycles. The molecule has 3 rings (SSSR count). The highest BCUT2D eigenvalue weighted by Gasteiger charge is 2.29. The quantitative estimate of drug-likeness (QED) is 0.735. The molecule has 160 valence electrons. The monoisotopic (exact) mass is 428 g/mol. The van der Waals surface area contributed by atoms with E-state index in [9.17, 15) is 9.59 Å². The Morgan fingerprint density at radius 2 is 1.67 bits per heavy atom. The summed E-state index contributed by atoms with van der Waals surface area (Å²) in [6.07, 6.45) is 4.21. The number of nitrogens with zero attached hydrogens (tertiary/aromatic N) is 3. The van der Waals surface area contributed by atoms with E-state index in [0.29, 0.717) is 30.1 Å². The average molecular weight is 429 g/mol. The van der Waals surface area contributed by atoms with Crippen LogP contribution in [-0.4, -0.2) is 58.8 Å². The van der Waals surface area contributed by atoms with Gasteiger partial charge < -0.3 is 10.2 Å². The van der Waals surface area contributed by atoms with E-state index in [2.05, 4.69) is 29.0 Å². The second kappa shape index (κ2) is 10.5. The molecule has 1 atom stereocenters. The number of pyridine rings is 1.